The SMILES string of the molecule is CCCOC(=O)C1(O)O[C@H](CO)[C@@H](O)[C@H](O)[C@H]1O. The van der Waals surface area contributed by atoms with Crippen LogP contribution in [0.25, 0.3) is 0 Å². The zero-order chi connectivity index (χ0) is 13.9. The highest BCUT2D eigenvalue weighted by Crippen LogP contribution is 2.29. The van der Waals surface area contributed by atoms with E-state index in [2.05, 4.69) is 4.74 Å². The van der Waals surface area contributed by atoms with Crippen LogP contribution in [-0.2, 0) is 14.3 Å². The van der Waals surface area contributed by atoms with Crippen LogP contribution in [-0.4, -0.2) is 74.9 Å². The minimum Gasteiger partial charge on any atom is -0.462 e. The van der Waals surface area contributed by atoms with E-state index >= 15 is 0 Å². The Kier molecular flexibility index (Phi) is 5.02. The molecule has 8 nitrogen and oxygen atoms in total. The monoisotopic (exact) mass is 266 g/mol. The van der Waals surface area contributed by atoms with Crippen LogP contribution >= 0.6 is 0 Å². The first-order valence-electron chi connectivity index (χ1n) is 5.61. The third kappa shape index (κ3) is 2.63. The van der Waals surface area contributed by atoms with Gasteiger partial charge in [-0.05, 0) is 6.42 Å². The zero-order valence-corrected chi connectivity index (χ0v) is 9.89. The third-order valence-electron chi connectivity index (χ3n) is 2.70. The first kappa shape index (κ1) is 15.3. The summed E-state index contributed by atoms with van der Waals surface area (Å²) in [5, 5.41) is 47.3. The summed E-state index contributed by atoms with van der Waals surface area (Å²) < 4.78 is 9.38. The van der Waals surface area contributed by atoms with E-state index in [9.17, 15) is 25.2 Å². The molecule has 5 atom stereocenters. The minimum atomic E-state index is -2.80. The molecular weight excluding hydrogens is 248 g/mol. The standard InChI is InChI=1S/C10H18O8/c1-2-3-17-9(15)10(16)8(14)7(13)6(12)5(4-11)18-10/h5-8,11-14,16H,2-4H2,1H3/t5-,6-,7+,8-,10?/m1/s1. The van der Waals surface area contributed by atoms with E-state index in [-0.39, 0.29) is 6.61 Å². The van der Waals surface area contributed by atoms with Gasteiger partial charge in [0.15, 0.2) is 0 Å². The molecular formula is C10H18O8. The van der Waals surface area contributed by atoms with Gasteiger partial charge in [-0.15, -0.1) is 0 Å². The van der Waals surface area contributed by atoms with Gasteiger partial charge in [0.05, 0.1) is 13.2 Å². The molecule has 1 fully saturated rings. The molecule has 0 aromatic rings. The first-order valence-corrected chi connectivity index (χ1v) is 5.61. The molecule has 0 radical (unpaired) electrons. The molecule has 1 heterocycles. The molecule has 106 valence electrons. The van der Waals surface area contributed by atoms with Gasteiger partial charge in [-0.1, -0.05) is 6.92 Å². The Balaban J connectivity index is 2.87. The van der Waals surface area contributed by atoms with Crippen LogP contribution in [0.4, 0.5) is 0 Å². The smallest absolute Gasteiger partial charge is 0.369 e. The number of rotatable bonds is 4. The van der Waals surface area contributed by atoms with Crippen molar-refractivity contribution in [1.82, 2.24) is 0 Å². The molecule has 0 aliphatic carbocycles. The largest absolute Gasteiger partial charge is 0.462 e. The Hall–Kier alpha value is -0.770. The molecule has 1 unspecified atom stereocenters. The summed E-state index contributed by atoms with van der Waals surface area (Å²) in [6.07, 6.45) is -6.44. The molecule has 0 aromatic carbocycles. The van der Waals surface area contributed by atoms with E-state index in [1.54, 1.807) is 6.92 Å². The number of hydrogen-bond donors (Lipinski definition) is 5. The molecule has 1 aliphatic rings. The fraction of sp³-hybridized carbons (Fsp3) is 0.900. The van der Waals surface area contributed by atoms with Crippen molar-refractivity contribution in [3.8, 4) is 0 Å². The van der Waals surface area contributed by atoms with E-state index in [4.69, 9.17) is 9.84 Å². The van der Waals surface area contributed by atoms with Gasteiger partial charge in [0.1, 0.15) is 24.4 Å². The molecule has 0 bridgehead atoms. The molecule has 0 spiro atoms. The van der Waals surface area contributed by atoms with Gasteiger partial charge in [-0.3, -0.25) is 0 Å². The number of carbonyl (C=O) groups is 1. The molecule has 1 aliphatic heterocycles. The highest BCUT2D eigenvalue weighted by Gasteiger charge is 2.58. The molecule has 0 amide bonds. The van der Waals surface area contributed by atoms with E-state index < -0.39 is 42.8 Å². The lowest BCUT2D eigenvalue weighted by Gasteiger charge is -2.43. The summed E-state index contributed by atoms with van der Waals surface area (Å²) in [6.45, 7) is 0.985. The van der Waals surface area contributed by atoms with Crippen molar-refractivity contribution in [1.29, 1.82) is 0 Å². The highest BCUT2D eigenvalue weighted by atomic mass is 16.7. The second-order valence-corrected chi connectivity index (χ2v) is 4.10. The van der Waals surface area contributed by atoms with E-state index in [0.29, 0.717) is 6.42 Å². The Bertz CT molecular complexity index is 294. The van der Waals surface area contributed by atoms with Crippen LogP contribution in [0, 0.1) is 0 Å². The predicted octanol–water partition coefficient (Wildman–Crippen LogP) is -2.90. The van der Waals surface area contributed by atoms with Crippen LogP contribution in [0.15, 0.2) is 0 Å². The van der Waals surface area contributed by atoms with Crippen molar-refractivity contribution < 1.29 is 39.8 Å². The maximum atomic E-state index is 11.6. The van der Waals surface area contributed by atoms with Crippen molar-refractivity contribution in [3.05, 3.63) is 0 Å². The lowest BCUT2D eigenvalue weighted by atomic mass is 9.92. The van der Waals surface area contributed by atoms with Crippen molar-refractivity contribution in [2.24, 2.45) is 0 Å². The van der Waals surface area contributed by atoms with Crippen molar-refractivity contribution in [3.63, 3.8) is 0 Å². The summed E-state index contributed by atoms with van der Waals surface area (Å²) in [7, 11) is 0. The van der Waals surface area contributed by atoms with Gasteiger partial charge >= 0.3 is 5.97 Å². The number of esters is 1. The van der Waals surface area contributed by atoms with Crippen LogP contribution in [0.3, 0.4) is 0 Å². The van der Waals surface area contributed by atoms with Crippen molar-refractivity contribution >= 4 is 5.97 Å². The van der Waals surface area contributed by atoms with Crippen LogP contribution in [0.1, 0.15) is 13.3 Å². The predicted molar refractivity (Wildman–Crippen MR) is 56.2 cm³/mol. The Labute approximate surface area is 103 Å². The van der Waals surface area contributed by atoms with E-state index in [1.807, 2.05) is 0 Å². The summed E-state index contributed by atoms with van der Waals surface area (Å²) in [6, 6.07) is 0. The molecule has 8 heteroatoms. The van der Waals surface area contributed by atoms with Gasteiger partial charge in [-0.25, -0.2) is 4.79 Å². The first-order chi connectivity index (χ1) is 8.38. The zero-order valence-electron chi connectivity index (χ0n) is 9.89. The molecule has 0 saturated carbocycles. The number of aliphatic hydroxyl groups excluding tert-OH is 4. The average Bonchev–Trinajstić information content (AvgIpc) is 2.37. The van der Waals surface area contributed by atoms with E-state index in [0.717, 1.165) is 0 Å². The maximum absolute atomic E-state index is 11.6. The van der Waals surface area contributed by atoms with Gasteiger partial charge < -0.3 is 35.0 Å². The second kappa shape index (κ2) is 5.91. The van der Waals surface area contributed by atoms with Gasteiger partial charge in [-0.2, -0.15) is 0 Å². The molecule has 5 N–H and O–H groups in total. The summed E-state index contributed by atoms with van der Waals surface area (Å²) in [4.78, 5) is 11.6. The van der Waals surface area contributed by atoms with Gasteiger partial charge in [0.25, 0.3) is 5.79 Å². The Morgan fingerprint density at radius 1 is 1.33 bits per heavy atom. The van der Waals surface area contributed by atoms with E-state index in [1.165, 1.54) is 0 Å². The Morgan fingerprint density at radius 3 is 2.44 bits per heavy atom. The number of ether oxygens (including phenoxy) is 2. The van der Waals surface area contributed by atoms with Crippen LogP contribution in [0.5, 0.6) is 0 Å². The lowest BCUT2D eigenvalue weighted by Crippen LogP contribution is -2.68. The molecule has 1 saturated heterocycles. The summed E-state index contributed by atoms with van der Waals surface area (Å²) in [5.41, 5.74) is 0. The summed E-state index contributed by atoms with van der Waals surface area (Å²) in [5.74, 6) is -4.08. The van der Waals surface area contributed by atoms with Crippen LogP contribution < -0.4 is 0 Å². The van der Waals surface area contributed by atoms with Crippen LogP contribution in [0.2, 0.25) is 0 Å². The summed E-state index contributed by atoms with van der Waals surface area (Å²) >= 11 is 0. The second-order valence-electron chi connectivity index (χ2n) is 4.10. The molecule has 1 rings (SSSR count). The highest BCUT2D eigenvalue weighted by molar-refractivity contribution is 5.78. The minimum absolute atomic E-state index is 0.000334. The third-order valence-corrected chi connectivity index (χ3v) is 2.70. The number of hydrogen-bond acceptors (Lipinski definition) is 8. The van der Waals surface area contributed by atoms with Gasteiger partial charge in [0, 0.05) is 0 Å². The fourth-order valence-corrected chi connectivity index (χ4v) is 1.62. The lowest BCUT2D eigenvalue weighted by molar-refractivity contribution is -0.339. The van der Waals surface area contributed by atoms with Crippen molar-refractivity contribution in [2.45, 2.75) is 43.5 Å². The fourth-order valence-electron chi connectivity index (χ4n) is 1.62. The number of aliphatic hydroxyl groups is 5. The Morgan fingerprint density at radius 2 is 1.94 bits per heavy atom. The topological polar surface area (TPSA) is 137 Å². The molecule has 18 heavy (non-hydrogen) atoms. The van der Waals surface area contributed by atoms with Crippen molar-refractivity contribution in [2.75, 3.05) is 13.2 Å². The quantitative estimate of drug-likeness (QED) is 0.342. The molecule has 0 aromatic heterocycles. The average molecular weight is 266 g/mol. The number of carbonyl (C=O) groups excluding carboxylic acids is 1. The normalized spacial score (nSPS) is 40.6. The van der Waals surface area contributed by atoms with Gasteiger partial charge in [0.2, 0.25) is 0 Å². The maximum Gasteiger partial charge on any atom is 0.369 e.